The van der Waals surface area contributed by atoms with Gasteiger partial charge < -0.3 is 15.0 Å². The number of rotatable bonds is 3. The maximum absolute atomic E-state index is 5.24. The van der Waals surface area contributed by atoms with E-state index in [1.54, 1.807) is 13.4 Å². The minimum absolute atomic E-state index is 0.519. The molecule has 5 heteroatoms. The van der Waals surface area contributed by atoms with Gasteiger partial charge in [-0.05, 0) is 38.8 Å². The normalized spacial score (nSPS) is 30.2. The summed E-state index contributed by atoms with van der Waals surface area (Å²) in [4.78, 5) is 11.0. The predicted molar refractivity (Wildman–Crippen MR) is 69.9 cm³/mol. The Morgan fingerprint density at radius 2 is 2.11 bits per heavy atom. The molecule has 0 saturated carbocycles. The fraction of sp³-hybridized carbons (Fsp3) is 0.692. The average Bonchev–Trinajstić information content (AvgIpc) is 2.42. The van der Waals surface area contributed by atoms with Crippen LogP contribution in [0.25, 0.3) is 0 Å². The van der Waals surface area contributed by atoms with Gasteiger partial charge in [-0.15, -0.1) is 0 Å². The molecule has 3 aliphatic heterocycles. The molecular formula is C13H20N4O. The van der Waals surface area contributed by atoms with Crippen LogP contribution < -0.4 is 10.1 Å². The second-order valence-corrected chi connectivity index (χ2v) is 5.25. The molecule has 3 saturated heterocycles. The highest BCUT2D eigenvalue weighted by atomic mass is 16.5. The Labute approximate surface area is 108 Å². The van der Waals surface area contributed by atoms with Crippen LogP contribution in [0.15, 0.2) is 6.33 Å². The molecule has 3 aliphatic rings. The van der Waals surface area contributed by atoms with Gasteiger partial charge in [0.15, 0.2) is 0 Å². The number of hydrogen-bond acceptors (Lipinski definition) is 5. The van der Waals surface area contributed by atoms with Gasteiger partial charge in [0, 0.05) is 12.6 Å². The van der Waals surface area contributed by atoms with Crippen molar-refractivity contribution in [2.24, 2.45) is 5.92 Å². The van der Waals surface area contributed by atoms with Gasteiger partial charge in [-0.1, -0.05) is 0 Å². The minimum Gasteiger partial charge on any atom is -0.481 e. The molecule has 0 aliphatic carbocycles. The van der Waals surface area contributed by atoms with E-state index < -0.39 is 0 Å². The van der Waals surface area contributed by atoms with E-state index in [4.69, 9.17) is 4.74 Å². The molecule has 1 aromatic rings. The quantitative estimate of drug-likeness (QED) is 0.873. The first-order valence-electron chi connectivity index (χ1n) is 6.62. The van der Waals surface area contributed by atoms with Crippen molar-refractivity contribution in [2.75, 3.05) is 32.1 Å². The van der Waals surface area contributed by atoms with Gasteiger partial charge in [0.1, 0.15) is 12.1 Å². The third-order valence-corrected chi connectivity index (χ3v) is 4.21. The number of anilines is 1. The van der Waals surface area contributed by atoms with Crippen molar-refractivity contribution in [1.29, 1.82) is 0 Å². The highest BCUT2D eigenvalue weighted by Crippen LogP contribution is 2.30. The largest absolute Gasteiger partial charge is 0.481 e. The molecule has 4 rings (SSSR count). The maximum atomic E-state index is 5.24. The van der Waals surface area contributed by atoms with Crippen molar-refractivity contribution in [2.45, 2.75) is 25.8 Å². The highest BCUT2D eigenvalue weighted by molar-refractivity contribution is 5.48. The van der Waals surface area contributed by atoms with Crippen molar-refractivity contribution in [1.82, 2.24) is 14.9 Å². The van der Waals surface area contributed by atoms with Crippen LogP contribution in [0.1, 0.15) is 18.4 Å². The lowest BCUT2D eigenvalue weighted by atomic mass is 9.84. The SMILES string of the molecule is COc1ncnc(NC2CN3CCC2CC3)c1C. The predicted octanol–water partition coefficient (Wildman–Crippen LogP) is 1.30. The van der Waals surface area contributed by atoms with Crippen LogP contribution in [-0.4, -0.2) is 47.7 Å². The molecule has 5 nitrogen and oxygen atoms in total. The molecule has 0 radical (unpaired) electrons. The number of aromatic nitrogens is 2. The molecular weight excluding hydrogens is 228 g/mol. The number of nitrogens with one attached hydrogen (secondary N) is 1. The third kappa shape index (κ3) is 2.03. The zero-order valence-corrected chi connectivity index (χ0v) is 11.0. The van der Waals surface area contributed by atoms with Gasteiger partial charge in [0.25, 0.3) is 0 Å². The van der Waals surface area contributed by atoms with Crippen LogP contribution >= 0.6 is 0 Å². The summed E-state index contributed by atoms with van der Waals surface area (Å²) in [5, 5.41) is 3.58. The maximum Gasteiger partial charge on any atom is 0.221 e. The first kappa shape index (κ1) is 11.7. The number of methoxy groups -OCH3 is 1. The Morgan fingerprint density at radius 3 is 2.72 bits per heavy atom. The standard InChI is InChI=1S/C13H20N4O/c1-9-12(14-8-15-13(9)18-2)16-11-7-17-5-3-10(11)4-6-17/h8,10-11H,3-7H2,1-2H3,(H,14,15,16). The Bertz CT molecular complexity index is 429. The molecule has 3 fully saturated rings. The Morgan fingerprint density at radius 1 is 1.33 bits per heavy atom. The van der Waals surface area contributed by atoms with Crippen molar-refractivity contribution in [3.8, 4) is 5.88 Å². The molecule has 0 amide bonds. The van der Waals surface area contributed by atoms with E-state index in [-0.39, 0.29) is 0 Å². The molecule has 0 aromatic carbocycles. The first-order valence-corrected chi connectivity index (χ1v) is 6.62. The molecule has 98 valence electrons. The molecule has 4 heterocycles. The second kappa shape index (κ2) is 4.72. The summed E-state index contributed by atoms with van der Waals surface area (Å²) >= 11 is 0. The highest BCUT2D eigenvalue weighted by Gasteiger charge is 2.34. The van der Waals surface area contributed by atoms with Gasteiger partial charge >= 0.3 is 0 Å². The average molecular weight is 248 g/mol. The lowest BCUT2D eigenvalue weighted by Crippen LogP contribution is -2.53. The summed E-state index contributed by atoms with van der Waals surface area (Å²) in [5.41, 5.74) is 0.997. The minimum atomic E-state index is 0.519. The van der Waals surface area contributed by atoms with E-state index in [2.05, 4.69) is 20.2 Å². The third-order valence-electron chi connectivity index (χ3n) is 4.21. The van der Waals surface area contributed by atoms with E-state index in [1.807, 2.05) is 6.92 Å². The van der Waals surface area contributed by atoms with Crippen molar-refractivity contribution in [3.63, 3.8) is 0 Å². The molecule has 1 atom stereocenters. The number of nitrogens with zero attached hydrogens (tertiary/aromatic N) is 3. The lowest BCUT2D eigenvalue weighted by Gasteiger charge is -2.45. The summed E-state index contributed by atoms with van der Waals surface area (Å²) in [5.74, 6) is 2.37. The second-order valence-electron chi connectivity index (χ2n) is 5.25. The van der Waals surface area contributed by atoms with Crippen LogP contribution in [0.4, 0.5) is 5.82 Å². The van der Waals surface area contributed by atoms with Gasteiger partial charge in [0.2, 0.25) is 5.88 Å². The van der Waals surface area contributed by atoms with Crippen LogP contribution in [0.2, 0.25) is 0 Å². The number of fused-ring (bicyclic) bond motifs is 3. The van der Waals surface area contributed by atoms with Crippen LogP contribution in [-0.2, 0) is 0 Å². The van der Waals surface area contributed by atoms with Gasteiger partial charge in [0.05, 0.1) is 12.7 Å². The molecule has 18 heavy (non-hydrogen) atoms. The van der Waals surface area contributed by atoms with E-state index in [9.17, 15) is 0 Å². The molecule has 1 N–H and O–H groups in total. The lowest BCUT2D eigenvalue weighted by molar-refractivity contribution is 0.0973. The number of ether oxygens (including phenoxy) is 1. The van der Waals surface area contributed by atoms with Gasteiger partial charge in [-0.3, -0.25) is 0 Å². The topological polar surface area (TPSA) is 50.3 Å². The van der Waals surface area contributed by atoms with Crippen LogP contribution in [0, 0.1) is 12.8 Å². The summed E-state index contributed by atoms with van der Waals surface area (Å²) in [6.07, 6.45) is 4.17. The van der Waals surface area contributed by atoms with Crippen molar-refractivity contribution >= 4 is 5.82 Å². The fourth-order valence-electron chi connectivity index (χ4n) is 3.09. The number of hydrogen-bond donors (Lipinski definition) is 1. The van der Waals surface area contributed by atoms with Crippen LogP contribution in [0.5, 0.6) is 5.88 Å². The Kier molecular flexibility index (Phi) is 3.07. The zero-order chi connectivity index (χ0) is 12.5. The zero-order valence-electron chi connectivity index (χ0n) is 11.0. The van der Waals surface area contributed by atoms with E-state index >= 15 is 0 Å². The molecule has 2 bridgehead atoms. The summed E-state index contributed by atoms with van der Waals surface area (Å²) < 4.78 is 5.24. The summed E-state index contributed by atoms with van der Waals surface area (Å²) in [6, 6.07) is 0.519. The van der Waals surface area contributed by atoms with E-state index in [1.165, 1.54) is 25.9 Å². The number of piperidine rings is 3. The fourth-order valence-corrected chi connectivity index (χ4v) is 3.09. The van der Waals surface area contributed by atoms with Crippen LogP contribution in [0.3, 0.4) is 0 Å². The smallest absolute Gasteiger partial charge is 0.221 e. The monoisotopic (exact) mass is 248 g/mol. The van der Waals surface area contributed by atoms with E-state index in [0.717, 1.165) is 23.8 Å². The van der Waals surface area contributed by atoms with Crippen molar-refractivity contribution in [3.05, 3.63) is 11.9 Å². The van der Waals surface area contributed by atoms with Gasteiger partial charge in [-0.25, -0.2) is 9.97 Å². The Hall–Kier alpha value is -1.36. The molecule has 0 spiro atoms. The molecule has 1 aromatic heterocycles. The summed E-state index contributed by atoms with van der Waals surface area (Å²) in [7, 11) is 1.65. The Balaban J connectivity index is 1.76. The summed E-state index contributed by atoms with van der Waals surface area (Å²) in [6.45, 7) is 5.66. The van der Waals surface area contributed by atoms with E-state index in [0.29, 0.717) is 11.9 Å². The van der Waals surface area contributed by atoms with Crippen molar-refractivity contribution < 1.29 is 4.74 Å². The first-order chi connectivity index (χ1) is 8.78. The molecule has 1 unspecified atom stereocenters. The van der Waals surface area contributed by atoms with Gasteiger partial charge in [-0.2, -0.15) is 0 Å².